The number of rotatable bonds is 31. The fourth-order valence-electron chi connectivity index (χ4n) is 12.7. The molecule has 0 bridgehead atoms. The zero-order chi connectivity index (χ0) is 99.3. The summed E-state index contributed by atoms with van der Waals surface area (Å²) in [6, 6.07) is 77.8. The minimum absolute atomic E-state index is 0. The maximum atomic E-state index is 11.9. The van der Waals surface area contributed by atoms with Crippen LogP contribution in [0.5, 0.6) is 5.75 Å². The first-order valence-corrected chi connectivity index (χ1v) is 70.7. The average molecular weight is 2600 g/mol. The van der Waals surface area contributed by atoms with Crippen molar-refractivity contribution in [3.05, 3.63) is 365 Å². The summed E-state index contributed by atoms with van der Waals surface area (Å²) < 4.78 is 37.2. The Morgan fingerprint density at radius 3 is 1.03 bits per heavy atom. The summed E-state index contributed by atoms with van der Waals surface area (Å²) in [6.07, 6.45) is 21.4. The molecule has 1 saturated carbocycles. The van der Waals surface area contributed by atoms with E-state index in [9.17, 15) is 14.4 Å². The molecular weight excluding hydrogens is 2490 g/mol. The van der Waals surface area contributed by atoms with Crippen LogP contribution in [0, 0.1) is 0 Å². The Morgan fingerprint density at radius 2 is 0.737 bits per heavy atom. The number of benzene rings is 10. The van der Waals surface area contributed by atoms with E-state index >= 15 is 0 Å². The van der Waals surface area contributed by atoms with Crippen molar-refractivity contribution in [3.8, 4) is 73.5 Å². The van der Waals surface area contributed by atoms with Crippen molar-refractivity contribution < 1.29 is 42.6 Å². The molecule has 3 aromatic heterocycles. The second-order valence-electron chi connectivity index (χ2n) is 30.3. The summed E-state index contributed by atoms with van der Waals surface area (Å²) in [5.41, 5.74) is 14.9. The Kier molecular flexibility index (Phi) is 64.8. The van der Waals surface area contributed by atoms with Crippen molar-refractivity contribution in [3.63, 3.8) is 0 Å². The molecule has 0 spiro atoms. The van der Waals surface area contributed by atoms with E-state index in [-0.39, 0.29) is 48.5 Å². The molecule has 13 nitrogen and oxygen atoms in total. The predicted molar refractivity (Wildman–Crippen MR) is 615 cm³/mol. The summed E-state index contributed by atoms with van der Waals surface area (Å²) in [7, 11) is 1.37. The number of nitrogens with two attached hydrogens (primary N) is 1. The number of methoxy groups -OCH3 is 1. The molecule has 1 aliphatic rings. The number of carbonyl (C=O) groups is 3. The molecule has 33 heteroatoms. The van der Waals surface area contributed by atoms with Crippen LogP contribution in [0.25, 0.3) is 67.7 Å². The number of ether oxygens (including phenoxy) is 2. The smallest absolute Gasteiger partial charge is 0.348 e. The van der Waals surface area contributed by atoms with E-state index in [0.717, 1.165) is 137 Å². The van der Waals surface area contributed by atoms with Crippen molar-refractivity contribution in [2.45, 2.75) is 150 Å². The zero-order valence-corrected chi connectivity index (χ0v) is 99.8. The molecule has 734 valence electrons. The first kappa shape index (κ1) is 126. The van der Waals surface area contributed by atoms with Gasteiger partial charge in [-0.15, -0.1) is 125 Å². The Balaban J connectivity index is 0.000000414. The first-order valence-electron chi connectivity index (χ1n) is 43.5. The Hall–Kier alpha value is -5.19. The largest absolute Gasteiger partial charge is 0.493 e. The van der Waals surface area contributed by atoms with E-state index < -0.39 is 38.5 Å². The summed E-state index contributed by atoms with van der Waals surface area (Å²) in [4.78, 5) is 33.5. The minimum Gasteiger partial charge on any atom is -0.493 e. The number of hydrogen-bond donors (Lipinski definition) is 2. The van der Waals surface area contributed by atoms with Crippen LogP contribution in [0.3, 0.4) is 0 Å². The molecule has 0 amide bonds. The monoisotopic (exact) mass is 2590 g/mol. The number of carbonyl (C=O) groups excluding carboxylic acids is 3. The third-order valence-electron chi connectivity index (χ3n) is 20.4. The Bertz CT molecular complexity index is 5360. The maximum absolute atomic E-state index is 11.9. The first-order chi connectivity index (χ1) is 64.7. The van der Waals surface area contributed by atoms with Crippen molar-refractivity contribution in [2.75, 3.05) is 13.7 Å². The zero-order valence-electron chi connectivity index (χ0n) is 76.2. The van der Waals surface area contributed by atoms with Crippen molar-refractivity contribution in [2.24, 2.45) is 5.90 Å². The van der Waals surface area contributed by atoms with E-state index in [1.807, 2.05) is 202 Å². The molecule has 14 rings (SSSR count). The van der Waals surface area contributed by atoms with Crippen molar-refractivity contribution in [1.82, 2.24) is 15.5 Å². The molecule has 0 radical (unpaired) electrons. The number of halogens is 16. The van der Waals surface area contributed by atoms with Gasteiger partial charge in [0.05, 0.1) is 19.3 Å². The van der Waals surface area contributed by atoms with Crippen LogP contribution >= 0.6 is 208 Å². The van der Waals surface area contributed by atoms with Gasteiger partial charge < -0.3 is 28.3 Å². The molecule has 13 aromatic rings. The van der Waals surface area contributed by atoms with E-state index in [1.165, 1.54) is 74.0 Å². The van der Waals surface area contributed by atoms with Crippen LogP contribution in [-0.2, 0) is 17.6 Å². The molecule has 10 aromatic carbocycles. The number of hydrogen-bond acceptors (Lipinski definition) is 13. The third kappa shape index (κ3) is 48.8. The van der Waals surface area contributed by atoms with Crippen LogP contribution in [-0.4, -0.2) is 90.4 Å². The van der Waals surface area contributed by atoms with Crippen LogP contribution < -0.4 is 10.6 Å². The Labute approximate surface area is 918 Å². The van der Waals surface area contributed by atoms with Gasteiger partial charge in [-0.05, 0) is 152 Å². The maximum Gasteiger partial charge on any atom is 0.348 e. The summed E-state index contributed by atoms with van der Waals surface area (Å²) in [5, 5.41) is 19.0. The second kappa shape index (κ2) is 70.5. The van der Waals surface area contributed by atoms with Gasteiger partial charge in [-0.25, -0.2) is 10.7 Å². The van der Waals surface area contributed by atoms with Gasteiger partial charge in [0.25, 0.3) is 0 Å². The third-order valence-corrected chi connectivity index (χ3v) is 41.2. The molecule has 1 aliphatic carbocycles. The summed E-state index contributed by atoms with van der Waals surface area (Å²) in [5.74, 6) is 6.37. The van der Waals surface area contributed by atoms with Crippen LogP contribution in [0.2, 0.25) is 13.3 Å². The van der Waals surface area contributed by atoms with Crippen molar-refractivity contribution >= 4 is 264 Å². The molecule has 0 saturated heterocycles. The van der Waals surface area contributed by atoms with Gasteiger partial charge in [0.15, 0.2) is 28.8 Å². The number of esters is 1. The van der Waals surface area contributed by atoms with Gasteiger partial charge in [-0.3, -0.25) is 9.59 Å². The van der Waals surface area contributed by atoms with E-state index in [4.69, 9.17) is 123 Å². The number of nitrogens with zero attached hydrogens (tertiary/aromatic N) is 3. The van der Waals surface area contributed by atoms with Gasteiger partial charge in [0.2, 0.25) is 0 Å². The SMILES string of the molecule is Brc1ccc(-c2cc(-c3ccc(Br)cc3)on2)cc1.C.C1CCC1.C=CCc1ccc(-c2cc(-c3ccc(CC=C)cc3)on2)cc1.C=C[CH2][SnH]([CH2]CCC)[CH2]CCC.CC(=O)c1ccc(Br)cc1.CCC(c1ccc(-c2cc(-c3ccc(C(CC)[Si](Cl)(Cl)Cl)cc3)on2)cc1)[Si](Cl)(Cl)Cl.COC(=O)c1ccc(Br)cc1.Cl.Cl[SiH](Cl)Cl.NO.O=C(CCOc1ccc(Br)cc1)c1ccc(Br)cc1. The molecular formula is C104H116Br6Cl10N4O9Si3Sn. The van der Waals surface area contributed by atoms with Gasteiger partial charge in [-0.1, -0.05) is 316 Å². The minimum atomic E-state index is -2.83. The fourth-order valence-corrected chi connectivity index (χ4v) is 30.6. The molecule has 3 heterocycles. The van der Waals surface area contributed by atoms with Gasteiger partial charge in [0, 0.05) is 107 Å². The Morgan fingerprint density at radius 1 is 0.453 bits per heavy atom. The average Bonchev–Trinajstić information content (AvgIpc) is 1.74. The van der Waals surface area contributed by atoms with Crippen LogP contribution in [0.1, 0.15) is 177 Å². The predicted octanol–water partition coefficient (Wildman–Crippen LogP) is 37.5. The molecule has 3 N–H and O–H groups in total. The quantitative estimate of drug-likeness (QED) is 0.0104. The molecule has 2 unspecified atom stereocenters. The molecule has 2 atom stereocenters. The van der Waals surface area contributed by atoms with Crippen molar-refractivity contribution in [1.29, 1.82) is 0 Å². The molecule has 1 fully saturated rings. The van der Waals surface area contributed by atoms with Crippen LogP contribution in [0.15, 0.2) is 339 Å². The van der Waals surface area contributed by atoms with E-state index in [1.54, 1.807) is 52.2 Å². The van der Waals surface area contributed by atoms with Gasteiger partial charge in [0.1, 0.15) is 22.8 Å². The number of ketones is 2. The normalized spacial score (nSPS) is 11.3. The summed E-state index contributed by atoms with van der Waals surface area (Å²) in [6.45, 7) is 20.3. The second-order valence-corrected chi connectivity index (χ2v) is 69.5. The standard InChI is InChI=1S/C21H21Cl6NOSi2.C21H19NO.C15H9Br2NO.C15H12Br2O2.C8H7BrO2.C8H7BrO.C4H8.2C4H9.C3H5.CH4.Cl3HSi.ClH.H3NO.Sn.H/c1-3-20(30(22,23)24)16-9-5-14(6-10-16)18-13-19(29-28-18)15-7-11-17(12-8-15)21(4-2)31(25,26)27;1-3-5-16-7-11-18(12-8-16)20-15-21(23-22-20)19-13-9-17(6-4-2)10-14-19;16-12-5-1-10(2-6-12)14-9-15(19-18-14)11-3-7-13(17)8-4-11;16-12-3-1-11(2-4-12)15(18)9-10-19-14-7-5-13(17)6-8-14;1-11-8(10)6-2-4-7(9)5-3-6;1-6(10)7-2-4-8(9)5-3-7;1-2-4-3-1;2*1-3-4-2;1-3-2;;1-4(2)3;;1-2;;/h5-13,20-21H,3-4H2,1-2H3;3-4,7-15H,1-2,5-6H2;1-9H;1-8H,9-10H2;2-5H,1H3;2-5H,1H3;1-4H2;2*1,3-4H2,2H3;3H,1-2H2;1H4;4H;1H;2H,1H2;;. The number of Topliss-reactive ketones (excluding diaryl/α,β-unsaturated/α-hetero) is 2. The number of allylic oxidation sites excluding steroid dienone is 3. The number of unbranched alkanes of at least 4 members (excludes halogenated alkanes) is 2. The summed E-state index contributed by atoms with van der Waals surface area (Å²) >= 11 is 71.4. The number of aromatic nitrogens is 3. The van der Waals surface area contributed by atoms with Crippen LogP contribution in [0.4, 0.5) is 0 Å². The fraction of sp³-hybridized carbons (Fsp3) is 0.250. The van der Waals surface area contributed by atoms with E-state index in [2.05, 4.69) is 210 Å². The molecule has 0 aliphatic heterocycles. The van der Waals surface area contributed by atoms with Gasteiger partial charge in [-0.2, -0.15) is 0 Å². The van der Waals surface area contributed by atoms with Gasteiger partial charge >= 0.3 is 110 Å². The van der Waals surface area contributed by atoms with E-state index in [0.29, 0.717) is 29.9 Å². The topological polar surface area (TPSA) is 194 Å². The molecule has 137 heavy (non-hydrogen) atoms.